The zero-order chi connectivity index (χ0) is 22.0. The molecular formula is C25H24FN3O2. The summed E-state index contributed by atoms with van der Waals surface area (Å²) in [6.07, 6.45) is 5.45. The number of aromatic nitrogens is 2. The summed E-state index contributed by atoms with van der Waals surface area (Å²) >= 11 is 0. The number of hydrogen-bond donors (Lipinski definition) is 0. The molecule has 1 aromatic heterocycles. The van der Waals surface area contributed by atoms with Gasteiger partial charge in [0.25, 0.3) is 0 Å². The predicted octanol–water partition coefficient (Wildman–Crippen LogP) is 5.69. The number of hydrogen-bond acceptors (Lipinski definition) is 5. The van der Waals surface area contributed by atoms with E-state index in [9.17, 15) is 9.18 Å². The molecule has 0 bridgehead atoms. The largest absolute Gasteiger partial charge is 0.385 e. The van der Waals surface area contributed by atoms with Crippen molar-refractivity contribution >= 4 is 11.5 Å². The van der Waals surface area contributed by atoms with E-state index in [2.05, 4.69) is 15.1 Å². The van der Waals surface area contributed by atoms with Crippen molar-refractivity contribution in [2.45, 2.75) is 39.7 Å². The number of carbonyl (C=O) groups excluding carboxylic acids is 1. The number of oxime groups is 1. The van der Waals surface area contributed by atoms with Crippen molar-refractivity contribution in [1.29, 1.82) is 0 Å². The van der Waals surface area contributed by atoms with E-state index in [0.717, 1.165) is 11.1 Å². The zero-order valence-corrected chi connectivity index (χ0v) is 17.8. The van der Waals surface area contributed by atoms with Crippen LogP contribution >= 0.6 is 0 Å². The molecule has 0 saturated heterocycles. The van der Waals surface area contributed by atoms with E-state index in [1.54, 1.807) is 30.7 Å². The first-order valence-electron chi connectivity index (χ1n) is 10.3. The van der Waals surface area contributed by atoms with Gasteiger partial charge in [0.1, 0.15) is 11.5 Å². The summed E-state index contributed by atoms with van der Waals surface area (Å²) in [5, 5.41) is 4.24. The van der Waals surface area contributed by atoms with Gasteiger partial charge in [-0.2, -0.15) is 0 Å². The molecule has 158 valence electrons. The standard InChI is InChI=1S/C25H24FN3O2/c1-15(2)8-24(30)19-11-17(20-5-4-16(3)9-21(20)26)10-18(12-19)22-13-25(31-29-22)23-14-27-6-7-28-23/h4-7,9-12,14-15,25H,8,13H2,1-3H3. The van der Waals surface area contributed by atoms with Gasteiger partial charge in [-0.05, 0) is 48.2 Å². The maximum Gasteiger partial charge on any atom is 0.176 e. The van der Waals surface area contributed by atoms with Crippen molar-refractivity contribution in [3.63, 3.8) is 0 Å². The highest BCUT2D eigenvalue weighted by atomic mass is 19.1. The molecular weight excluding hydrogens is 393 g/mol. The lowest BCUT2D eigenvalue weighted by atomic mass is 9.92. The van der Waals surface area contributed by atoms with E-state index in [0.29, 0.717) is 40.9 Å². The Morgan fingerprint density at radius 1 is 1.16 bits per heavy atom. The number of aryl methyl sites for hydroxylation is 1. The number of Topliss-reactive ketones (excluding diaryl/α,β-unsaturated/α-hetero) is 1. The fourth-order valence-electron chi connectivity index (χ4n) is 3.64. The van der Waals surface area contributed by atoms with Crippen LogP contribution < -0.4 is 0 Å². The third-order valence-electron chi connectivity index (χ3n) is 5.20. The molecule has 0 radical (unpaired) electrons. The Labute approximate surface area is 181 Å². The van der Waals surface area contributed by atoms with Crippen LogP contribution in [0.1, 0.15) is 60.0 Å². The fourth-order valence-corrected chi connectivity index (χ4v) is 3.64. The summed E-state index contributed by atoms with van der Waals surface area (Å²) in [4.78, 5) is 26.8. The van der Waals surface area contributed by atoms with Gasteiger partial charge in [-0.3, -0.25) is 14.8 Å². The highest BCUT2D eigenvalue weighted by Gasteiger charge is 2.26. The Hall–Kier alpha value is -3.41. The number of halogens is 1. The minimum atomic E-state index is -0.335. The van der Waals surface area contributed by atoms with Crippen LogP contribution in [0.25, 0.3) is 11.1 Å². The average Bonchev–Trinajstić information content (AvgIpc) is 3.24. The molecule has 0 fully saturated rings. The molecule has 1 aliphatic rings. The van der Waals surface area contributed by atoms with Crippen molar-refractivity contribution in [3.05, 3.63) is 83.2 Å². The van der Waals surface area contributed by atoms with E-state index < -0.39 is 0 Å². The van der Waals surface area contributed by atoms with E-state index in [1.807, 2.05) is 39.0 Å². The highest BCUT2D eigenvalue weighted by Crippen LogP contribution is 2.32. The van der Waals surface area contributed by atoms with Crippen LogP contribution in [-0.4, -0.2) is 21.5 Å². The number of rotatable bonds is 6. The van der Waals surface area contributed by atoms with Crippen LogP contribution in [0, 0.1) is 18.7 Å². The first-order chi connectivity index (χ1) is 14.9. The van der Waals surface area contributed by atoms with Crippen LogP contribution in [0.5, 0.6) is 0 Å². The minimum Gasteiger partial charge on any atom is -0.385 e. The van der Waals surface area contributed by atoms with E-state index in [4.69, 9.17) is 4.84 Å². The Morgan fingerprint density at radius 2 is 1.97 bits per heavy atom. The minimum absolute atomic E-state index is 0.0237. The zero-order valence-electron chi connectivity index (χ0n) is 17.8. The lowest BCUT2D eigenvalue weighted by molar-refractivity contribution is 0.0823. The quantitative estimate of drug-likeness (QED) is 0.484. The van der Waals surface area contributed by atoms with Gasteiger partial charge in [0.05, 0.1) is 11.9 Å². The maximum atomic E-state index is 14.7. The molecule has 1 atom stereocenters. The van der Waals surface area contributed by atoms with Gasteiger partial charge < -0.3 is 4.84 Å². The molecule has 2 heterocycles. The second-order valence-corrected chi connectivity index (χ2v) is 8.27. The molecule has 6 heteroatoms. The Morgan fingerprint density at radius 3 is 2.68 bits per heavy atom. The smallest absolute Gasteiger partial charge is 0.176 e. The Bertz CT molecular complexity index is 1140. The molecule has 1 unspecified atom stereocenters. The lowest BCUT2D eigenvalue weighted by Crippen LogP contribution is -2.08. The fraction of sp³-hybridized carbons (Fsp3) is 0.280. The van der Waals surface area contributed by atoms with Crippen molar-refractivity contribution in [2.24, 2.45) is 11.1 Å². The van der Waals surface area contributed by atoms with Gasteiger partial charge in [0.2, 0.25) is 0 Å². The highest BCUT2D eigenvalue weighted by molar-refractivity contribution is 6.05. The van der Waals surface area contributed by atoms with Gasteiger partial charge in [-0.15, -0.1) is 0 Å². The number of benzene rings is 2. The van der Waals surface area contributed by atoms with Crippen molar-refractivity contribution in [3.8, 4) is 11.1 Å². The molecule has 2 aromatic carbocycles. The molecule has 0 amide bonds. The molecule has 0 saturated carbocycles. The van der Waals surface area contributed by atoms with E-state index >= 15 is 0 Å². The second-order valence-electron chi connectivity index (χ2n) is 8.27. The summed E-state index contributed by atoms with van der Waals surface area (Å²) in [5.74, 6) is -0.0685. The summed E-state index contributed by atoms with van der Waals surface area (Å²) in [7, 11) is 0. The molecule has 0 N–H and O–H groups in total. The van der Waals surface area contributed by atoms with Crippen LogP contribution in [-0.2, 0) is 4.84 Å². The van der Waals surface area contributed by atoms with Gasteiger partial charge in [-0.1, -0.05) is 31.1 Å². The van der Waals surface area contributed by atoms with Crippen molar-refractivity contribution < 1.29 is 14.0 Å². The topological polar surface area (TPSA) is 64.4 Å². The lowest BCUT2D eigenvalue weighted by Gasteiger charge is -2.12. The average molecular weight is 417 g/mol. The monoisotopic (exact) mass is 417 g/mol. The summed E-state index contributed by atoms with van der Waals surface area (Å²) in [5.41, 5.74) is 4.63. The molecule has 4 rings (SSSR count). The van der Waals surface area contributed by atoms with Gasteiger partial charge in [-0.25, -0.2) is 4.39 Å². The van der Waals surface area contributed by atoms with Crippen LogP contribution in [0.3, 0.4) is 0 Å². The van der Waals surface area contributed by atoms with Crippen LogP contribution in [0.4, 0.5) is 4.39 Å². The SMILES string of the molecule is Cc1ccc(-c2cc(C(=O)CC(C)C)cc(C3=NOC(c4cnccn4)C3)c2)c(F)c1. The van der Waals surface area contributed by atoms with Crippen LogP contribution in [0.2, 0.25) is 0 Å². The summed E-state index contributed by atoms with van der Waals surface area (Å²) in [6.45, 7) is 5.85. The summed E-state index contributed by atoms with van der Waals surface area (Å²) < 4.78 is 14.7. The molecule has 0 aliphatic carbocycles. The van der Waals surface area contributed by atoms with Crippen molar-refractivity contribution in [1.82, 2.24) is 9.97 Å². The summed E-state index contributed by atoms with van der Waals surface area (Å²) in [6, 6.07) is 10.6. The Balaban J connectivity index is 1.72. The van der Waals surface area contributed by atoms with Gasteiger partial charge in [0.15, 0.2) is 11.9 Å². The molecule has 31 heavy (non-hydrogen) atoms. The van der Waals surface area contributed by atoms with Gasteiger partial charge >= 0.3 is 0 Å². The molecule has 3 aromatic rings. The van der Waals surface area contributed by atoms with E-state index in [1.165, 1.54) is 6.07 Å². The van der Waals surface area contributed by atoms with Gasteiger partial charge in [0, 0.05) is 41.9 Å². The number of nitrogens with zero attached hydrogens (tertiary/aromatic N) is 3. The van der Waals surface area contributed by atoms with Crippen LogP contribution in [0.15, 0.2) is 60.1 Å². The first-order valence-corrected chi connectivity index (χ1v) is 10.3. The Kier molecular flexibility index (Phi) is 5.89. The normalized spacial score (nSPS) is 15.6. The maximum absolute atomic E-state index is 14.7. The number of ketones is 1. The first kappa shape index (κ1) is 20.8. The predicted molar refractivity (Wildman–Crippen MR) is 117 cm³/mol. The second kappa shape index (κ2) is 8.76. The third-order valence-corrected chi connectivity index (χ3v) is 5.20. The number of carbonyl (C=O) groups is 1. The molecule has 0 spiro atoms. The molecule has 1 aliphatic heterocycles. The third kappa shape index (κ3) is 4.68. The van der Waals surface area contributed by atoms with E-state index in [-0.39, 0.29) is 23.6 Å². The molecule has 5 nitrogen and oxygen atoms in total. The van der Waals surface area contributed by atoms with Crippen molar-refractivity contribution in [2.75, 3.05) is 0 Å².